The van der Waals surface area contributed by atoms with Crippen molar-refractivity contribution >= 4 is 17.5 Å². The number of amides is 2. The molecule has 1 aliphatic heterocycles. The van der Waals surface area contributed by atoms with E-state index in [1.54, 1.807) is 9.58 Å². The molecule has 24 heavy (non-hydrogen) atoms. The van der Waals surface area contributed by atoms with Gasteiger partial charge in [-0.15, -0.1) is 0 Å². The Morgan fingerprint density at radius 2 is 2.12 bits per heavy atom. The molecule has 3 rings (SSSR count). The number of nitrogens with zero attached hydrogens (tertiary/aromatic N) is 3. The third kappa shape index (κ3) is 2.93. The molecule has 0 radical (unpaired) electrons. The van der Waals surface area contributed by atoms with E-state index in [4.69, 9.17) is 4.42 Å². The number of carbonyl (C=O) groups excluding carboxylic acids is 2. The number of carbonyl (C=O) groups is 2. The summed E-state index contributed by atoms with van der Waals surface area (Å²) in [7, 11) is 1.84. The fourth-order valence-corrected chi connectivity index (χ4v) is 3.10. The molecule has 0 aromatic carbocycles. The van der Waals surface area contributed by atoms with E-state index < -0.39 is 6.04 Å². The first-order valence-corrected chi connectivity index (χ1v) is 8.02. The average Bonchev–Trinajstić information content (AvgIpc) is 3.16. The van der Waals surface area contributed by atoms with E-state index in [1.165, 1.54) is 0 Å². The Bertz CT molecular complexity index is 790. The molecule has 0 saturated carbocycles. The van der Waals surface area contributed by atoms with Gasteiger partial charge in [0, 0.05) is 13.5 Å². The molecule has 7 heteroatoms. The molecule has 2 amide bonds. The summed E-state index contributed by atoms with van der Waals surface area (Å²) >= 11 is 0. The van der Waals surface area contributed by atoms with Gasteiger partial charge in [-0.25, -0.2) is 0 Å². The maximum atomic E-state index is 12.7. The van der Waals surface area contributed by atoms with E-state index in [0.717, 1.165) is 22.8 Å². The van der Waals surface area contributed by atoms with Crippen LogP contribution in [0.1, 0.15) is 35.7 Å². The Labute approximate surface area is 140 Å². The van der Waals surface area contributed by atoms with Crippen LogP contribution in [0.25, 0.3) is 0 Å². The number of anilines is 1. The normalized spacial score (nSPS) is 17.6. The minimum atomic E-state index is -0.484. The molecule has 3 heterocycles. The smallest absolute Gasteiger partial charge is 0.247 e. The van der Waals surface area contributed by atoms with Crippen molar-refractivity contribution in [3.63, 3.8) is 0 Å². The molecule has 2 aromatic rings. The molecular weight excluding hydrogens is 308 g/mol. The third-order valence-electron chi connectivity index (χ3n) is 4.51. The van der Waals surface area contributed by atoms with Gasteiger partial charge in [0.1, 0.15) is 17.6 Å². The summed E-state index contributed by atoms with van der Waals surface area (Å²) in [5.41, 5.74) is 2.37. The molecule has 7 nitrogen and oxygen atoms in total. The topological polar surface area (TPSA) is 80.4 Å². The van der Waals surface area contributed by atoms with Crippen molar-refractivity contribution in [3.8, 4) is 0 Å². The Kier molecular flexibility index (Phi) is 4.17. The van der Waals surface area contributed by atoms with Crippen molar-refractivity contribution < 1.29 is 14.0 Å². The maximum Gasteiger partial charge on any atom is 0.247 e. The second-order valence-corrected chi connectivity index (χ2v) is 6.25. The van der Waals surface area contributed by atoms with E-state index in [9.17, 15) is 9.59 Å². The highest BCUT2D eigenvalue weighted by Gasteiger charge is 2.37. The third-order valence-corrected chi connectivity index (χ3v) is 4.51. The summed E-state index contributed by atoms with van der Waals surface area (Å²) in [5.74, 6) is 1.28. The van der Waals surface area contributed by atoms with Crippen molar-refractivity contribution in [2.45, 2.75) is 46.2 Å². The van der Waals surface area contributed by atoms with Crippen LogP contribution in [-0.4, -0.2) is 32.5 Å². The van der Waals surface area contributed by atoms with Crippen LogP contribution in [0.3, 0.4) is 0 Å². The fourth-order valence-electron chi connectivity index (χ4n) is 3.10. The number of aryl methyl sites for hydroxylation is 3. The van der Waals surface area contributed by atoms with Gasteiger partial charge in [0.05, 0.1) is 23.6 Å². The predicted octanol–water partition coefficient (Wildman–Crippen LogP) is 2.07. The van der Waals surface area contributed by atoms with Crippen molar-refractivity contribution in [2.24, 2.45) is 7.05 Å². The second-order valence-electron chi connectivity index (χ2n) is 6.25. The lowest BCUT2D eigenvalue weighted by Gasteiger charge is -2.23. The first-order valence-electron chi connectivity index (χ1n) is 8.02. The van der Waals surface area contributed by atoms with Crippen LogP contribution in [0, 0.1) is 20.8 Å². The molecule has 1 saturated heterocycles. The number of rotatable bonds is 4. The highest BCUT2D eigenvalue weighted by molar-refractivity contribution is 5.99. The molecule has 2 aromatic heterocycles. The largest absolute Gasteiger partial charge is 0.464 e. The van der Waals surface area contributed by atoms with Gasteiger partial charge in [-0.2, -0.15) is 5.10 Å². The summed E-state index contributed by atoms with van der Waals surface area (Å²) in [6.45, 7) is 5.92. The predicted molar refractivity (Wildman–Crippen MR) is 88.3 cm³/mol. The van der Waals surface area contributed by atoms with Crippen LogP contribution >= 0.6 is 0 Å². The number of likely N-dealkylation sites (tertiary alicyclic amines) is 1. The van der Waals surface area contributed by atoms with Crippen LogP contribution in [0.2, 0.25) is 0 Å². The van der Waals surface area contributed by atoms with Gasteiger partial charge in [-0.1, -0.05) is 0 Å². The van der Waals surface area contributed by atoms with Crippen molar-refractivity contribution in [3.05, 3.63) is 35.0 Å². The summed E-state index contributed by atoms with van der Waals surface area (Å²) in [6.07, 6.45) is 0.894. The maximum absolute atomic E-state index is 12.7. The van der Waals surface area contributed by atoms with Crippen LogP contribution < -0.4 is 5.32 Å². The van der Waals surface area contributed by atoms with Gasteiger partial charge in [0.2, 0.25) is 11.8 Å². The van der Waals surface area contributed by atoms with Crippen molar-refractivity contribution in [1.82, 2.24) is 14.7 Å². The Morgan fingerprint density at radius 3 is 2.71 bits per heavy atom. The Morgan fingerprint density at radius 1 is 1.38 bits per heavy atom. The highest BCUT2D eigenvalue weighted by atomic mass is 16.3. The van der Waals surface area contributed by atoms with Gasteiger partial charge < -0.3 is 14.6 Å². The van der Waals surface area contributed by atoms with Gasteiger partial charge in [0.25, 0.3) is 0 Å². The molecule has 1 aliphatic rings. The van der Waals surface area contributed by atoms with Gasteiger partial charge >= 0.3 is 0 Å². The quantitative estimate of drug-likeness (QED) is 0.930. The second kappa shape index (κ2) is 6.14. The van der Waals surface area contributed by atoms with E-state index >= 15 is 0 Å². The van der Waals surface area contributed by atoms with E-state index in [-0.39, 0.29) is 11.8 Å². The molecule has 1 atom stereocenters. The standard InChI is InChI=1S/C17H22N4O3/c1-10-5-6-13(24-10)9-21-14(7-8-15(21)22)17(23)18-16-11(2)19-20(4)12(16)3/h5-6,14H,7-9H2,1-4H3,(H,18,23)/t14-/m0/s1. The number of hydrogen-bond donors (Lipinski definition) is 1. The SMILES string of the molecule is Cc1ccc(CN2C(=O)CC[C@H]2C(=O)Nc2c(C)nn(C)c2C)o1. The number of furan rings is 1. The summed E-state index contributed by atoms with van der Waals surface area (Å²) < 4.78 is 7.27. The lowest BCUT2D eigenvalue weighted by Crippen LogP contribution is -2.41. The molecular formula is C17H22N4O3. The number of aromatic nitrogens is 2. The highest BCUT2D eigenvalue weighted by Crippen LogP contribution is 2.25. The molecule has 0 unspecified atom stereocenters. The van der Waals surface area contributed by atoms with Crippen LogP contribution in [0.4, 0.5) is 5.69 Å². The average molecular weight is 330 g/mol. The zero-order valence-electron chi connectivity index (χ0n) is 14.4. The molecule has 1 fully saturated rings. The first-order chi connectivity index (χ1) is 11.4. The fraction of sp³-hybridized carbons (Fsp3) is 0.471. The summed E-state index contributed by atoms with van der Waals surface area (Å²) in [4.78, 5) is 26.5. The van der Waals surface area contributed by atoms with Crippen LogP contribution in [-0.2, 0) is 23.2 Å². The molecule has 128 valence electrons. The summed E-state index contributed by atoms with van der Waals surface area (Å²) in [5, 5.41) is 7.24. The Hall–Kier alpha value is -2.57. The Balaban J connectivity index is 1.76. The van der Waals surface area contributed by atoms with Gasteiger partial charge in [-0.3, -0.25) is 14.3 Å². The molecule has 0 aliphatic carbocycles. The van der Waals surface area contributed by atoms with Gasteiger partial charge in [-0.05, 0) is 39.3 Å². The molecule has 0 bridgehead atoms. The minimum Gasteiger partial charge on any atom is -0.464 e. The van der Waals surface area contributed by atoms with E-state index in [0.29, 0.717) is 25.1 Å². The lowest BCUT2D eigenvalue weighted by atomic mass is 10.2. The van der Waals surface area contributed by atoms with Crippen molar-refractivity contribution in [2.75, 3.05) is 5.32 Å². The summed E-state index contributed by atoms with van der Waals surface area (Å²) in [6, 6.07) is 3.21. The first kappa shape index (κ1) is 16.3. The number of nitrogens with one attached hydrogen (secondary N) is 1. The van der Waals surface area contributed by atoms with Gasteiger partial charge in [0.15, 0.2) is 0 Å². The van der Waals surface area contributed by atoms with E-state index in [2.05, 4.69) is 10.4 Å². The van der Waals surface area contributed by atoms with Crippen LogP contribution in [0.5, 0.6) is 0 Å². The van der Waals surface area contributed by atoms with E-state index in [1.807, 2.05) is 40.0 Å². The minimum absolute atomic E-state index is 0.0242. The molecule has 1 N–H and O–H groups in total. The zero-order valence-corrected chi connectivity index (χ0v) is 14.4. The molecule has 0 spiro atoms. The zero-order chi connectivity index (χ0) is 17.4. The van der Waals surface area contributed by atoms with Crippen LogP contribution in [0.15, 0.2) is 16.5 Å². The number of hydrogen-bond acceptors (Lipinski definition) is 4. The monoisotopic (exact) mass is 330 g/mol. The lowest BCUT2D eigenvalue weighted by molar-refractivity contribution is -0.134. The van der Waals surface area contributed by atoms with Crippen molar-refractivity contribution in [1.29, 1.82) is 0 Å².